The predicted molar refractivity (Wildman–Crippen MR) is 52.7 cm³/mol. The smallest absolute Gasteiger partial charge is 0.239 e. The van der Waals surface area contributed by atoms with E-state index in [9.17, 15) is 4.79 Å². The maximum atomic E-state index is 11.6. The maximum Gasteiger partial charge on any atom is 0.239 e. The van der Waals surface area contributed by atoms with Gasteiger partial charge in [0.05, 0.1) is 12.6 Å². The molecule has 0 aliphatic carbocycles. The van der Waals surface area contributed by atoms with Crippen molar-refractivity contribution in [1.82, 2.24) is 4.90 Å². The summed E-state index contributed by atoms with van der Waals surface area (Å²) in [4.78, 5) is 13.5. The number of ether oxygens (including phenoxy) is 1. The van der Waals surface area contributed by atoms with Crippen molar-refractivity contribution < 1.29 is 9.53 Å². The summed E-state index contributed by atoms with van der Waals surface area (Å²) in [6.45, 7) is 5.39. The number of carbonyl (C=O) groups is 1. The van der Waals surface area contributed by atoms with Gasteiger partial charge in [-0.05, 0) is 12.8 Å². The predicted octanol–water partition coefficient (Wildman–Crippen LogP) is -0.0274. The molecule has 1 amide bonds. The minimum atomic E-state index is -0.263. The minimum absolute atomic E-state index is 0.109. The number of rotatable bonds is 2. The highest BCUT2D eigenvalue weighted by Gasteiger charge is 2.37. The highest BCUT2D eigenvalue weighted by atomic mass is 16.5. The molecule has 2 rings (SSSR count). The van der Waals surface area contributed by atoms with Gasteiger partial charge in [0.15, 0.2) is 0 Å². The molecule has 0 aromatic carbocycles. The largest absolute Gasteiger partial charge is 0.381 e. The first-order chi connectivity index (χ1) is 6.61. The molecule has 14 heavy (non-hydrogen) atoms. The van der Waals surface area contributed by atoms with E-state index in [4.69, 9.17) is 10.5 Å². The molecule has 2 atom stereocenters. The SMILES string of the molecule is CC1(CN2CCC(N)C2=O)CCOC1. The van der Waals surface area contributed by atoms with E-state index < -0.39 is 0 Å². The van der Waals surface area contributed by atoms with Crippen LogP contribution in [0.25, 0.3) is 0 Å². The van der Waals surface area contributed by atoms with Crippen LogP contribution in [0.5, 0.6) is 0 Å². The third-order valence-corrected chi connectivity index (χ3v) is 3.21. The van der Waals surface area contributed by atoms with Crippen LogP contribution in [-0.4, -0.2) is 43.2 Å². The minimum Gasteiger partial charge on any atom is -0.381 e. The first-order valence-electron chi connectivity index (χ1n) is 5.23. The second-order valence-corrected chi connectivity index (χ2v) is 4.77. The number of nitrogens with two attached hydrogens (primary N) is 1. The van der Waals surface area contributed by atoms with Crippen molar-refractivity contribution in [2.75, 3.05) is 26.3 Å². The van der Waals surface area contributed by atoms with Gasteiger partial charge in [-0.1, -0.05) is 6.92 Å². The van der Waals surface area contributed by atoms with Gasteiger partial charge in [-0.15, -0.1) is 0 Å². The summed E-state index contributed by atoms with van der Waals surface area (Å²) in [5.41, 5.74) is 5.82. The summed E-state index contributed by atoms with van der Waals surface area (Å²) in [6.07, 6.45) is 1.85. The lowest BCUT2D eigenvalue weighted by Gasteiger charge is -2.28. The molecule has 2 unspecified atom stereocenters. The third kappa shape index (κ3) is 1.77. The topological polar surface area (TPSA) is 55.6 Å². The van der Waals surface area contributed by atoms with Crippen molar-refractivity contribution in [2.45, 2.75) is 25.8 Å². The van der Waals surface area contributed by atoms with Gasteiger partial charge in [0.25, 0.3) is 0 Å². The highest BCUT2D eigenvalue weighted by Crippen LogP contribution is 2.30. The van der Waals surface area contributed by atoms with Crippen molar-refractivity contribution >= 4 is 5.91 Å². The molecule has 2 heterocycles. The van der Waals surface area contributed by atoms with Gasteiger partial charge in [0.1, 0.15) is 0 Å². The zero-order chi connectivity index (χ0) is 10.2. The number of carbonyl (C=O) groups excluding carboxylic acids is 1. The Bertz CT molecular complexity index is 236. The summed E-state index contributed by atoms with van der Waals surface area (Å²) in [5.74, 6) is 0.109. The van der Waals surface area contributed by atoms with Crippen molar-refractivity contribution in [3.8, 4) is 0 Å². The van der Waals surface area contributed by atoms with E-state index >= 15 is 0 Å². The van der Waals surface area contributed by atoms with E-state index in [-0.39, 0.29) is 17.4 Å². The Morgan fingerprint density at radius 3 is 3.00 bits per heavy atom. The molecule has 80 valence electrons. The van der Waals surface area contributed by atoms with Crippen LogP contribution in [0.1, 0.15) is 19.8 Å². The van der Waals surface area contributed by atoms with E-state index in [1.54, 1.807) is 0 Å². The maximum absolute atomic E-state index is 11.6. The molecule has 0 aromatic heterocycles. The third-order valence-electron chi connectivity index (χ3n) is 3.21. The summed E-state index contributed by atoms with van der Waals surface area (Å²) in [7, 11) is 0. The first kappa shape index (κ1) is 9.93. The molecule has 4 nitrogen and oxygen atoms in total. The molecule has 0 bridgehead atoms. The van der Waals surface area contributed by atoms with Gasteiger partial charge >= 0.3 is 0 Å². The van der Waals surface area contributed by atoms with Crippen molar-refractivity contribution in [3.05, 3.63) is 0 Å². The Labute approximate surface area is 84.4 Å². The zero-order valence-corrected chi connectivity index (χ0v) is 8.66. The summed E-state index contributed by atoms with van der Waals surface area (Å²) >= 11 is 0. The monoisotopic (exact) mass is 198 g/mol. The van der Waals surface area contributed by atoms with Crippen LogP contribution in [0.15, 0.2) is 0 Å². The zero-order valence-electron chi connectivity index (χ0n) is 8.66. The van der Waals surface area contributed by atoms with Crippen molar-refractivity contribution in [3.63, 3.8) is 0 Å². The fourth-order valence-corrected chi connectivity index (χ4v) is 2.21. The lowest BCUT2D eigenvalue weighted by atomic mass is 9.89. The molecule has 0 saturated carbocycles. The molecule has 2 N–H and O–H groups in total. The molecule has 4 heteroatoms. The number of likely N-dealkylation sites (tertiary alicyclic amines) is 1. The molecular formula is C10H18N2O2. The van der Waals surface area contributed by atoms with Gasteiger partial charge < -0.3 is 15.4 Å². The molecule has 2 aliphatic heterocycles. The number of hydrogen-bond donors (Lipinski definition) is 1. The Morgan fingerprint density at radius 2 is 2.50 bits per heavy atom. The number of nitrogens with zero attached hydrogens (tertiary/aromatic N) is 1. The van der Waals surface area contributed by atoms with Crippen LogP contribution in [0.3, 0.4) is 0 Å². The van der Waals surface area contributed by atoms with Crippen LogP contribution in [0.4, 0.5) is 0 Å². The van der Waals surface area contributed by atoms with E-state index in [1.807, 2.05) is 4.90 Å². The Kier molecular flexibility index (Phi) is 2.49. The average molecular weight is 198 g/mol. The standard InChI is InChI=1S/C10H18N2O2/c1-10(3-5-14-7-10)6-12-4-2-8(11)9(12)13/h8H,2-7,11H2,1H3. The summed E-state index contributed by atoms with van der Waals surface area (Å²) < 4.78 is 5.36. The number of hydrogen-bond acceptors (Lipinski definition) is 3. The molecule has 0 radical (unpaired) electrons. The van der Waals surface area contributed by atoms with Crippen LogP contribution < -0.4 is 5.73 Å². The quantitative estimate of drug-likeness (QED) is 0.678. The van der Waals surface area contributed by atoms with E-state index in [2.05, 4.69) is 6.92 Å². The fourth-order valence-electron chi connectivity index (χ4n) is 2.21. The first-order valence-corrected chi connectivity index (χ1v) is 5.23. The van der Waals surface area contributed by atoms with Gasteiger partial charge in [0, 0.05) is 25.1 Å². The average Bonchev–Trinajstić information content (AvgIpc) is 2.68. The van der Waals surface area contributed by atoms with Crippen LogP contribution in [0, 0.1) is 5.41 Å². The molecule has 0 aromatic rings. The van der Waals surface area contributed by atoms with E-state index in [0.717, 1.165) is 39.1 Å². The van der Waals surface area contributed by atoms with Crippen molar-refractivity contribution in [1.29, 1.82) is 0 Å². The highest BCUT2D eigenvalue weighted by molar-refractivity contribution is 5.83. The Morgan fingerprint density at radius 1 is 1.71 bits per heavy atom. The van der Waals surface area contributed by atoms with Crippen molar-refractivity contribution in [2.24, 2.45) is 11.1 Å². The molecule has 2 fully saturated rings. The summed E-state index contributed by atoms with van der Waals surface area (Å²) in [6, 6.07) is -0.263. The van der Waals surface area contributed by atoms with Crippen LogP contribution in [-0.2, 0) is 9.53 Å². The molecule has 2 saturated heterocycles. The Hall–Kier alpha value is -0.610. The Balaban J connectivity index is 1.94. The second kappa shape index (κ2) is 3.51. The van der Waals surface area contributed by atoms with Gasteiger partial charge in [0.2, 0.25) is 5.91 Å². The van der Waals surface area contributed by atoms with Gasteiger partial charge in [-0.3, -0.25) is 4.79 Å². The molecule has 0 spiro atoms. The lowest BCUT2D eigenvalue weighted by molar-refractivity contribution is -0.130. The van der Waals surface area contributed by atoms with E-state index in [0.29, 0.717) is 0 Å². The van der Waals surface area contributed by atoms with Gasteiger partial charge in [-0.25, -0.2) is 0 Å². The normalized spacial score (nSPS) is 38.3. The molecule has 2 aliphatic rings. The van der Waals surface area contributed by atoms with Crippen LogP contribution in [0.2, 0.25) is 0 Å². The van der Waals surface area contributed by atoms with E-state index in [1.165, 1.54) is 0 Å². The van der Waals surface area contributed by atoms with Gasteiger partial charge in [-0.2, -0.15) is 0 Å². The summed E-state index contributed by atoms with van der Waals surface area (Å²) in [5, 5.41) is 0. The second-order valence-electron chi connectivity index (χ2n) is 4.77. The lowest BCUT2D eigenvalue weighted by Crippen LogP contribution is -2.40. The number of amides is 1. The van der Waals surface area contributed by atoms with Crippen LogP contribution >= 0.6 is 0 Å². The molecular weight excluding hydrogens is 180 g/mol. The fraction of sp³-hybridized carbons (Fsp3) is 0.900.